The van der Waals surface area contributed by atoms with Gasteiger partial charge in [0.05, 0.1) is 13.2 Å². The van der Waals surface area contributed by atoms with Crippen LogP contribution in [0.1, 0.15) is 58.6 Å². The number of rotatable bonds is 13. The molecule has 1 atom stereocenters. The van der Waals surface area contributed by atoms with Crippen molar-refractivity contribution in [3.8, 4) is 11.5 Å². The molecule has 0 heterocycles. The highest BCUT2D eigenvalue weighted by Crippen LogP contribution is 2.29. The normalized spacial score (nSPS) is 11.7. The van der Waals surface area contributed by atoms with Gasteiger partial charge in [-0.2, -0.15) is 0 Å². The second-order valence-electron chi connectivity index (χ2n) is 8.38. The van der Waals surface area contributed by atoms with Crippen molar-refractivity contribution < 1.29 is 23.5 Å². The molecule has 2 amide bonds. The van der Waals surface area contributed by atoms with Crippen molar-refractivity contribution >= 4 is 11.8 Å². The van der Waals surface area contributed by atoms with E-state index in [0.717, 1.165) is 11.1 Å². The lowest BCUT2D eigenvalue weighted by atomic mass is 10.1. The van der Waals surface area contributed by atoms with Gasteiger partial charge in [-0.15, -0.1) is 0 Å². The Bertz CT molecular complexity index is 931. The topological polar surface area (TPSA) is 67.9 Å². The number of amides is 2. The maximum Gasteiger partial charge on any atom is 0.243 e. The lowest BCUT2D eigenvalue weighted by Crippen LogP contribution is -2.50. The molecule has 0 bridgehead atoms. The van der Waals surface area contributed by atoms with Crippen LogP contribution in [0.3, 0.4) is 0 Å². The maximum absolute atomic E-state index is 13.4. The first-order valence-electron chi connectivity index (χ1n) is 12.0. The Labute approximate surface area is 202 Å². The highest BCUT2D eigenvalue weighted by molar-refractivity contribution is 5.87. The van der Waals surface area contributed by atoms with Crippen LogP contribution in [0.5, 0.6) is 11.5 Å². The van der Waals surface area contributed by atoms with Crippen molar-refractivity contribution in [1.29, 1.82) is 0 Å². The van der Waals surface area contributed by atoms with E-state index in [1.165, 1.54) is 12.1 Å². The first-order chi connectivity index (χ1) is 16.3. The Morgan fingerprint density at radius 1 is 0.941 bits per heavy atom. The lowest BCUT2D eigenvalue weighted by molar-refractivity contribution is -0.141. The average molecular weight is 473 g/mol. The van der Waals surface area contributed by atoms with E-state index in [-0.39, 0.29) is 36.6 Å². The van der Waals surface area contributed by atoms with Gasteiger partial charge in [-0.05, 0) is 75.9 Å². The minimum Gasteiger partial charge on any atom is -0.490 e. The number of hydrogen-bond acceptors (Lipinski definition) is 4. The van der Waals surface area contributed by atoms with Crippen molar-refractivity contribution in [1.82, 2.24) is 10.2 Å². The highest BCUT2D eigenvalue weighted by atomic mass is 19.1. The van der Waals surface area contributed by atoms with Gasteiger partial charge in [0.2, 0.25) is 11.8 Å². The van der Waals surface area contributed by atoms with Crippen LogP contribution in [-0.4, -0.2) is 42.0 Å². The average Bonchev–Trinajstić information content (AvgIpc) is 2.80. The van der Waals surface area contributed by atoms with E-state index in [4.69, 9.17) is 9.47 Å². The van der Waals surface area contributed by atoms with Crippen molar-refractivity contribution in [2.45, 2.75) is 72.5 Å². The number of ether oxygens (including phenoxy) is 2. The summed E-state index contributed by atoms with van der Waals surface area (Å²) in [6.07, 6.45) is 1.20. The van der Waals surface area contributed by atoms with Crippen LogP contribution in [0.4, 0.5) is 4.39 Å². The van der Waals surface area contributed by atoms with Crippen LogP contribution in [0.25, 0.3) is 0 Å². The predicted molar refractivity (Wildman–Crippen MR) is 131 cm³/mol. The van der Waals surface area contributed by atoms with E-state index in [0.29, 0.717) is 37.6 Å². The number of carbonyl (C=O) groups excluding carboxylic acids is 2. The van der Waals surface area contributed by atoms with Gasteiger partial charge < -0.3 is 19.7 Å². The molecule has 0 radical (unpaired) electrons. The molecule has 0 spiro atoms. The number of aryl methyl sites for hydroxylation is 1. The molecular weight excluding hydrogens is 435 g/mol. The Balaban J connectivity index is 2.22. The standard InChI is InChI=1S/C27H37FN2O4/c1-6-23(27(32)29-19(4)5)30(18-21-9-13-22(28)14-10-21)26(31)16-12-20-11-15-24(33-7-2)25(17-20)34-8-3/h9-11,13-15,17,19,23H,6-8,12,16,18H2,1-5H3,(H,29,32)/t23-/m0/s1. The van der Waals surface area contributed by atoms with Gasteiger partial charge >= 0.3 is 0 Å². The van der Waals surface area contributed by atoms with Gasteiger partial charge in [-0.25, -0.2) is 4.39 Å². The first-order valence-corrected chi connectivity index (χ1v) is 12.0. The third-order valence-corrected chi connectivity index (χ3v) is 5.32. The van der Waals surface area contributed by atoms with Gasteiger partial charge in [0, 0.05) is 19.0 Å². The van der Waals surface area contributed by atoms with Gasteiger partial charge in [0.15, 0.2) is 11.5 Å². The molecule has 2 rings (SSSR count). The number of nitrogens with zero attached hydrogens (tertiary/aromatic N) is 1. The van der Waals surface area contributed by atoms with E-state index in [1.807, 2.05) is 52.8 Å². The molecule has 2 aromatic carbocycles. The molecule has 1 N–H and O–H groups in total. The zero-order valence-electron chi connectivity index (χ0n) is 20.9. The predicted octanol–water partition coefficient (Wildman–Crippen LogP) is 4.89. The summed E-state index contributed by atoms with van der Waals surface area (Å²) in [4.78, 5) is 27.8. The Kier molecular flexibility index (Phi) is 10.8. The molecule has 34 heavy (non-hydrogen) atoms. The fourth-order valence-electron chi connectivity index (χ4n) is 3.73. The first kappa shape index (κ1) is 27.2. The molecule has 186 valence electrons. The second kappa shape index (κ2) is 13.6. The molecule has 0 aliphatic rings. The van der Waals surface area contributed by atoms with Crippen LogP contribution in [0.2, 0.25) is 0 Å². The minimum absolute atomic E-state index is 0.0369. The summed E-state index contributed by atoms with van der Waals surface area (Å²) in [7, 11) is 0. The summed E-state index contributed by atoms with van der Waals surface area (Å²) in [5.74, 6) is 0.662. The van der Waals surface area contributed by atoms with Gasteiger partial charge in [0.25, 0.3) is 0 Å². The Morgan fingerprint density at radius 3 is 2.15 bits per heavy atom. The molecule has 0 aliphatic heterocycles. The summed E-state index contributed by atoms with van der Waals surface area (Å²) in [6.45, 7) is 10.8. The van der Waals surface area contributed by atoms with Crippen molar-refractivity contribution in [2.75, 3.05) is 13.2 Å². The zero-order chi connectivity index (χ0) is 25.1. The third-order valence-electron chi connectivity index (χ3n) is 5.32. The molecular formula is C27H37FN2O4. The third kappa shape index (κ3) is 8.04. The fraction of sp³-hybridized carbons (Fsp3) is 0.481. The van der Waals surface area contributed by atoms with E-state index < -0.39 is 6.04 Å². The summed E-state index contributed by atoms with van der Waals surface area (Å²) in [6, 6.07) is 11.0. The van der Waals surface area contributed by atoms with Gasteiger partial charge in [-0.3, -0.25) is 9.59 Å². The van der Waals surface area contributed by atoms with Crippen LogP contribution in [0.15, 0.2) is 42.5 Å². The monoisotopic (exact) mass is 472 g/mol. The van der Waals surface area contributed by atoms with Crippen molar-refractivity contribution in [3.05, 3.63) is 59.4 Å². The van der Waals surface area contributed by atoms with E-state index in [9.17, 15) is 14.0 Å². The van der Waals surface area contributed by atoms with E-state index in [1.54, 1.807) is 17.0 Å². The van der Waals surface area contributed by atoms with Crippen molar-refractivity contribution in [3.63, 3.8) is 0 Å². The molecule has 0 saturated heterocycles. The quantitative estimate of drug-likeness (QED) is 0.451. The molecule has 7 heteroatoms. The molecule has 2 aromatic rings. The summed E-state index contributed by atoms with van der Waals surface area (Å²) in [5, 5.41) is 2.91. The number of hydrogen-bond donors (Lipinski definition) is 1. The van der Waals surface area contributed by atoms with Crippen LogP contribution in [-0.2, 0) is 22.6 Å². The van der Waals surface area contributed by atoms with E-state index >= 15 is 0 Å². The summed E-state index contributed by atoms with van der Waals surface area (Å²) >= 11 is 0. The van der Waals surface area contributed by atoms with E-state index in [2.05, 4.69) is 5.32 Å². The number of nitrogens with one attached hydrogen (secondary N) is 1. The van der Waals surface area contributed by atoms with Crippen LogP contribution in [0, 0.1) is 5.82 Å². The molecule has 0 unspecified atom stereocenters. The summed E-state index contributed by atoms with van der Waals surface area (Å²) in [5.41, 5.74) is 1.71. The SMILES string of the molecule is CCOc1ccc(CCC(=O)N(Cc2ccc(F)cc2)[C@@H](CC)C(=O)NC(C)C)cc1OCC. The summed E-state index contributed by atoms with van der Waals surface area (Å²) < 4.78 is 24.7. The minimum atomic E-state index is -0.612. The Hall–Kier alpha value is -3.09. The Morgan fingerprint density at radius 2 is 1.56 bits per heavy atom. The molecule has 0 fully saturated rings. The van der Waals surface area contributed by atoms with Crippen LogP contribution >= 0.6 is 0 Å². The molecule has 0 saturated carbocycles. The van der Waals surface area contributed by atoms with Gasteiger partial charge in [-0.1, -0.05) is 25.1 Å². The zero-order valence-corrected chi connectivity index (χ0v) is 20.9. The number of carbonyl (C=O) groups is 2. The number of halogens is 1. The molecule has 0 aliphatic carbocycles. The largest absolute Gasteiger partial charge is 0.490 e. The van der Waals surface area contributed by atoms with Crippen molar-refractivity contribution in [2.24, 2.45) is 0 Å². The molecule has 6 nitrogen and oxygen atoms in total. The number of benzene rings is 2. The maximum atomic E-state index is 13.4. The molecule has 0 aromatic heterocycles. The lowest BCUT2D eigenvalue weighted by Gasteiger charge is -2.31. The fourth-order valence-corrected chi connectivity index (χ4v) is 3.73. The highest BCUT2D eigenvalue weighted by Gasteiger charge is 2.28. The second-order valence-corrected chi connectivity index (χ2v) is 8.38. The smallest absolute Gasteiger partial charge is 0.243 e. The van der Waals surface area contributed by atoms with Gasteiger partial charge in [0.1, 0.15) is 11.9 Å². The van der Waals surface area contributed by atoms with Crippen LogP contribution < -0.4 is 14.8 Å².